The molecule has 0 fully saturated rings. The monoisotopic (exact) mass is 332 g/mol. The molecule has 0 bridgehead atoms. The van der Waals surface area contributed by atoms with Crippen molar-refractivity contribution in [1.82, 2.24) is 8.87 Å². The topological polar surface area (TPSA) is 42.3 Å². The number of fused-ring (bicyclic) bond motifs is 3. The Morgan fingerprint density at radius 1 is 1.14 bits per heavy atom. The number of sulfonamides is 1. The Bertz CT molecular complexity index is 940. The molecule has 4 rings (SSSR count). The second-order valence-electron chi connectivity index (χ2n) is 5.52. The summed E-state index contributed by atoms with van der Waals surface area (Å²) in [7, 11) is -1.32. The van der Waals surface area contributed by atoms with Crippen molar-refractivity contribution in [2.75, 3.05) is 6.54 Å². The van der Waals surface area contributed by atoms with Gasteiger partial charge in [0.25, 0.3) is 10.0 Å². The standard InChI is InChI=1S/C16H16N2O2S2/c1-17-14-6-3-2-5-12(14)13-11-18(9-8-15(13)17)22(19,20)16-7-4-10-21-16/h2-7,10H,8-9,11H2,1H3. The van der Waals surface area contributed by atoms with E-state index in [0.29, 0.717) is 17.3 Å². The van der Waals surface area contributed by atoms with Gasteiger partial charge in [0.15, 0.2) is 0 Å². The van der Waals surface area contributed by atoms with E-state index in [9.17, 15) is 8.42 Å². The minimum atomic E-state index is -3.38. The molecule has 114 valence electrons. The molecule has 0 aliphatic carbocycles. The van der Waals surface area contributed by atoms with Crippen molar-refractivity contribution in [3.63, 3.8) is 0 Å². The van der Waals surface area contributed by atoms with Crippen molar-refractivity contribution in [2.45, 2.75) is 17.2 Å². The largest absolute Gasteiger partial charge is 0.347 e. The number of hydrogen-bond donors (Lipinski definition) is 0. The molecule has 0 radical (unpaired) electrons. The number of aryl methyl sites for hydroxylation is 1. The molecule has 2 aromatic heterocycles. The van der Waals surface area contributed by atoms with Crippen LogP contribution >= 0.6 is 11.3 Å². The van der Waals surface area contributed by atoms with Gasteiger partial charge in [-0.2, -0.15) is 4.31 Å². The predicted molar refractivity (Wildman–Crippen MR) is 88.5 cm³/mol. The lowest BCUT2D eigenvalue weighted by Gasteiger charge is -2.26. The van der Waals surface area contributed by atoms with Crippen molar-refractivity contribution in [2.24, 2.45) is 7.05 Å². The number of thiophene rings is 1. The van der Waals surface area contributed by atoms with E-state index in [1.807, 2.05) is 12.1 Å². The molecule has 1 aromatic carbocycles. The summed E-state index contributed by atoms with van der Waals surface area (Å²) in [4.78, 5) is 0. The number of aromatic nitrogens is 1. The summed E-state index contributed by atoms with van der Waals surface area (Å²) in [6.07, 6.45) is 0.755. The fourth-order valence-corrected chi connectivity index (χ4v) is 5.80. The van der Waals surface area contributed by atoms with Crippen LogP contribution in [0.1, 0.15) is 11.3 Å². The molecule has 1 aliphatic rings. The van der Waals surface area contributed by atoms with E-state index >= 15 is 0 Å². The molecular formula is C16H16N2O2S2. The average Bonchev–Trinajstić information content (AvgIpc) is 3.16. The smallest absolute Gasteiger partial charge is 0.252 e. The second-order valence-corrected chi connectivity index (χ2v) is 8.63. The van der Waals surface area contributed by atoms with Crippen LogP contribution in [0.25, 0.3) is 10.9 Å². The van der Waals surface area contributed by atoms with Crippen LogP contribution in [0, 0.1) is 0 Å². The lowest BCUT2D eigenvalue weighted by atomic mass is 10.1. The Kier molecular flexibility index (Phi) is 3.14. The molecule has 6 heteroatoms. The summed E-state index contributed by atoms with van der Waals surface area (Å²) in [5.41, 5.74) is 3.56. The molecular weight excluding hydrogens is 316 g/mol. The van der Waals surface area contributed by atoms with Gasteiger partial charge in [0.2, 0.25) is 0 Å². The summed E-state index contributed by atoms with van der Waals surface area (Å²) >= 11 is 1.28. The van der Waals surface area contributed by atoms with Gasteiger partial charge >= 0.3 is 0 Å². The number of nitrogens with zero attached hydrogens (tertiary/aromatic N) is 2. The van der Waals surface area contributed by atoms with Gasteiger partial charge in [-0.3, -0.25) is 0 Å². The van der Waals surface area contributed by atoms with Gasteiger partial charge in [0.1, 0.15) is 4.21 Å². The van der Waals surface area contributed by atoms with Crippen LogP contribution in [0.5, 0.6) is 0 Å². The van der Waals surface area contributed by atoms with E-state index in [0.717, 1.165) is 17.4 Å². The van der Waals surface area contributed by atoms with Gasteiger partial charge in [0.05, 0.1) is 0 Å². The maximum Gasteiger partial charge on any atom is 0.252 e. The quantitative estimate of drug-likeness (QED) is 0.724. The zero-order chi connectivity index (χ0) is 15.3. The average molecular weight is 332 g/mol. The molecule has 0 unspecified atom stereocenters. The first-order valence-corrected chi connectivity index (χ1v) is 9.50. The Hall–Kier alpha value is -1.63. The van der Waals surface area contributed by atoms with Crippen LogP contribution in [-0.4, -0.2) is 23.8 Å². The number of para-hydroxylation sites is 1. The molecule has 0 N–H and O–H groups in total. The Labute approximate surface area is 133 Å². The molecule has 0 amide bonds. The SMILES string of the molecule is Cn1c2c(c3ccccc31)CN(S(=O)(=O)c1cccs1)CC2. The lowest BCUT2D eigenvalue weighted by molar-refractivity contribution is 0.389. The Balaban J connectivity index is 1.81. The molecule has 0 saturated carbocycles. The summed E-state index contributed by atoms with van der Waals surface area (Å²) < 4.78 is 29.7. The van der Waals surface area contributed by atoms with Gasteiger partial charge in [0, 0.05) is 43.2 Å². The minimum absolute atomic E-state index is 0.427. The first-order chi connectivity index (χ1) is 10.6. The zero-order valence-electron chi connectivity index (χ0n) is 12.2. The van der Waals surface area contributed by atoms with Crippen LogP contribution < -0.4 is 0 Å². The van der Waals surface area contributed by atoms with Gasteiger partial charge < -0.3 is 4.57 Å². The Morgan fingerprint density at radius 2 is 1.95 bits per heavy atom. The Morgan fingerprint density at radius 3 is 2.73 bits per heavy atom. The molecule has 3 heterocycles. The minimum Gasteiger partial charge on any atom is -0.347 e. The van der Waals surface area contributed by atoms with E-state index in [-0.39, 0.29) is 0 Å². The van der Waals surface area contributed by atoms with Crippen LogP contribution in [0.15, 0.2) is 46.0 Å². The van der Waals surface area contributed by atoms with E-state index < -0.39 is 10.0 Å². The van der Waals surface area contributed by atoms with Crippen LogP contribution in [0.2, 0.25) is 0 Å². The summed E-state index contributed by atoms with van der Waals surface area (Å²) in [6, 6.07) is 11.7. The highest BCUT2D eigenvalue weighted by Crippen LogP contribution is 2.33. The van der Waals surface area contributed by atoms with Crippen molar-refractivity contribution >= 4 is 32.3 Å². The predicted octanol–water partition coefficient (Wildman–Crippen LogP) is 2.99. The summed E-state index contributed by atoms with van der Waals surface area (Å²) in [5.74, 6) is 0. The van der Waals surface area contributed by atoms with Crippen molar-refractivity contribution in [3.05, 3.63) is 53.0 Å². The molecule has 0 spiro atoms. The summed E-state index contributed by atoms with van der Waals surface area (Å²) in [6.45, 7) is 0.994. The molecule has 0 saturated heterocycles. The first-order valence-electron chi connectivity index (χ1n) is 7.18. The molecule has 1 aliphatic heterocycles. The third-order valence-electron chi connectivity index (χ3n) is 4.37. The van der Waals surface area contributed by atoms with Gasteiger partial charge in [-0.15, -0.1) is 11.3 Å². The maximum absolute atomic E-state index is 12.7. The third kappa shape index (κ3) is 1.95. The number of benzene rings is 1. The summed E-state index contributed by atoms with van der Waals surface area (Å²) in [5, 5.41) is 2.96. The maximum atomic E-state index is 12.7. The normalized spacial score (nSPS) is 16.0. The van der Waals surface area contributed by atoms with Crippen LogP contribution in [0.4, 0.5) is 0 Å². The van der Waals surface area contributed by atoms with Gasteiger partial charge in [-0.25, -0.2) is 8.42 Å². The first kappa shape index (κ1) is 14.0. The number of hydrogen-bond acceptors (Lipinski definition) is 3. The highest BCUT2D eigenvalue weighted by molar-refractivity contribution is 7.91. The van der Waals surface area contributed by atoms with E-state index in [1.165, 1.54) is 22.5 Å². The molecule has 3 aromatic rings. The highest BCUT2D eigenvalue weighted by atomic mass is 32.2. The third-order valence-corrected chi connectivity index (χ3v) is 7.58. The molecule has 0 atom stereocenters. The van der Waals surface area contributed by atoms with Crippen molar-refractivity contribution in [1.29, 1.82) is 0 Å². The van der Waals surface area contributed by atoms with Crippen molar-refractivity contribution in [3.8, 4) is 0 Å². The number of rotatable bonds is 2. The van der Waals surface area contributed by atoms with Gasteiger partial charge in [-0.1, -0.05) is 24.3 Å². The van der Waals surface area contributed by atoms with Gasteiger partial charge in [-0.05, 0) is 23.1 Å². The van der Waals surface area contributed by atoms with Crippen LogP contribution in [-0.2, 0) is 30.0 Å². The van der Waals surface area contributed by atoms with Crippen LogP contribution in [0.3, 0.4) is 0 Å². The second kappa shape index (κ2) is 4.94. The highest BCUT2D eigenvalue weighted by Gasteiger charge is 2.31. The van der Waals surface area contributed by atoms with Crippen molar-refractivity contribution < 1.29 is 8.42 Å². The lowest BCUT2D eigenvalue weighted by Crippen LogP contribution is -2.35. The van der Waals surface area contributed by atoms with E-state index in [2.05, 4.69) is 23.7 Å². The fraction of sp³-hybridized carbons (Fsp3) is 0.250. The zero-order valence-corrected chi connectivity index (χ0v) is 13.8. The fourth-order valence-electron chi connectivity index (χ4n) is 3.25. The molecule has 4 nitrogen and oxygen atoms in total. The van der Waals surface area contributed by atoms with E-state index in [4.69, 9.17) is 0 Å². The molecule has 22 heavy (non-hydrogen) atoms. The van der Waals surface area contributed by atoms with E-state index in [1.54, 1.807) is 21.8 Å².